The lowest BCUT2D eigenvalue weighted by Crippen LogP contribution is -2.36. The van der Waals surface area contributed by atoms with E-state index in [0.29, 0.717) is 30.7 Å². The van der Waals surface area contributed by atoms with Crippen molar-refractivity contribution >= 4 is 17.5 Å². The number of hydrogen-bond acceptors (Lipinski definition) is 7. The molecule has 35 heavy (non-hydrogen) atoms. The second kappa shape index (κ2) is 11.4. The molecule has 0 aliphatic carbocycles. The molecule has 0 saturated carbocycles. The Morgan fingerprint density at radius 1 is 1.34 bits per heavy atom. The molecular weight excluding hydrogens is 457 g/mol. The smallest absolute Gasteiger partial charge is 0.296 e. The number of hydrogen-bond donors (Lipinski definition) is 3. The van der Waals surface area contributed by atoms with Gasteiger partial charge in [0.15, 0.2) is 5.69 Å². The molecular formula is C24H32FN5O5. The van der Waals surface area contributed by atoms with Gasteiger partial charge in [0.05, 0.1) is 18.8 Å². The Labute approximate surface area is 202 Å². The number of anilines is 1. The minimum Gasteiger partial charge on any atom is -0.501 e. The largest absolute Gasteiger partial charge is 0.501 e. The Balaban J connectivity index is 0.00000167. The highest BCUT2D eigenvalue weighted by molar-refractivity contribution is 5.97. The fraction of sp³-hybridized carbons (Fsp3) is 0.500. The van der Waals surface area contributed by atoms with E-state index in [1.54, 1.807) is 11.8 Å². The third-order valence-corrected chi connectivity index (χ3v) is 6.13. The molecule has 190 valence electrons. The number of aromatic hydroxyl groups is 1. The number of halogens is 1. The maximum atomic E-state index is 14.1. The van der Waals surface area contributed by atoms with Crippen LogP contribution in [0.25, 0.3) is 0 Å². The van der Waals surface area contributed by atoms with Crippen LogP contribution in [0, 0.1) is 5.82 Å². The van der Waals surface area contributed by atoms with Gasteiger partial charge in [-0.15, -0.1) is 0 Å². The number of carbonyl (C=O) groups excluding carboxylic acids is 2. The van der Waals surface area contributed by atoms with Crippen LogP contribution in [0.4, 0.5) is 10.1 Å². The first-order valence-corrected chi connectivity index (χ1v) is 11.7. The van der Waals surface area contributed by atoms with Crippen molar-refractivity contribution in [1.29, 1.82) is 0 Å². The number of ether oxygens (including phenoxy) is 1. The van der Waals surface area contributed by atoms with Crippen molar-refractivity contribution < 1.29 is 23.8 Å². The first kappa shape index (κ1) is 26.3. The number of rotatable bonds is 6. The molecule has 2 aromatic rings. The normalized spacial score (nSPS) is 19.1. The highest BCUT2D eigenvalue weighted by atomic mass is 19.1. The van der Waals surface area contributed by atoms with Gasteiger partial charge in [-0.1, -0.05) is 19.4 Å². The number of carbonyl (C=O) groups is 2. The first-order valence-electron chi connectivity index (χ1n) is 11.7. The second-order valence-corrected chi connectivity index (χ2v) is 8.34. The van der Waals surface area contributed by atoms with E-state index in [4.69, 9.17) is 4.74 Å². The zero-order valence-corrected chi connectivity index (χ0v) is 20.2. The van der Waals surface area contributed by atoms with E-state index in [2.05, 4.69) is 16.0 Å². The zero-order valence-electron chi connectivity index (χ0n) is 20.2. The summed E-state index contributed by atoms with van der Waals surface area (Å²) in [5, 5.41) is 12.9. The van der Waals surface area contributed by atoms with E-state index >= 15 is 0 Å². The topological polar surface area (TPSA) is 140 Å². The predicted octanol–water partition coefficient (Wildman–Crippen LogP) is 1.98. The molecule has 2 aliphatic heterocycles. The number of fused-ring (bicyclic) bond motifs is 1. The van der Waals surface area contributed by atoms with E-state index in [0.717, 1.165) is 12.8 Å². The van der Waals surface area contributed by atoms with Crippen LogP contribution in [0.1, 0.15) is 67.5 Å². The van der Waals surface area contributed by atoms with Gasteiger partial charge in [0.1, 0.15) is 17.7 Å². The van der Waals surface area contributed by atoms with Gasteiger partial charge in [0.2, 0.25) is 11.7 Å². The Bertz CT molecular complexity index is 1150. The molecule has 2 aliphatic rings. The summed E-state index contributed by atoms with van der Waals surface area (Å²) in [6, 6.07) is 4.06. The lowest BCUT2D eigenvalue weighted by atomic mass is 10.1. The van der Waals surface area contributed by atoms with Crippen molar-refractivity contribution in [1.82, 2.24) is 14.9 Å². The number of amides is 2. The molecule has 3 heterocycles. The number of nitrogens with one attached hydrogen (secondary N) is 1. The molecule has 2 amide bonds. The van der Waals surface area contributed by atoms with Crippen molar-refractivity contribution in [3.8, 4) is 5.75 Å². The van der Waals surface area contributed by atoms with Gasteiger partial charge in [-0.25, -0.2) is 9.37 Å². The van der Waals surface area contributed by atoms with Crippen LogP contribution >= 0.6 is 0 Å². The van der Waals surface area contributed by atoms with Crippen molar-refractivity contribution in [2.75, 3.05) is 18.6 Å². The number of aromatic nitrogens is 2. The van der Waals surface area contributed by atoms with Gasteiger partial charge in [0, 0.05) is 19.0 Å². The van der Waals surface area contributed by atoms with Crippen LogP contribution in [-0.2, 0) is 22.6 Å². The monoisotopic (exact) mass is 489 g/mol. The van der Waals surface area contributed by atoms with E-state index in [1.165, 1.54) is 29.8 Å². The minimum atomic E-state index is -0.751. The van der Waals surface area contributed by atoms with Gasteiger partial charge in [-0.2, -0.15) is 0 Å². The van der Waals surface area contributed by atoms with Crippen LogP contribution in [0.15, 0.2) is 23.0 Å². The van der Waals surface area contributed by atoms with Crippen molar-refractivity contribution in [2.45, 2.75) is 64.8 Å². The molecule has 10 nitrogen and oxygen atoms in total. The molecule has 2 unspecified atom stereocenters. The van der Waals surface area contributed by atoms with E-state index in [1.807, 2.05) is 6.92 Å². The quantitative estimate of drug-likeness (QED) is 0.564. The SMILES string of the molecule is CCCC1CCC(=O)N1c1cc(F)ccc1CNC(=O)c1nc2n(c(=O)c1O)CCOC2C.CN. The lowest BCUT2D eigenvalue weighted by molar-refractivity contribution is -0.117. The zero-order chi connectivity index (χ0) is 25.7. The third kappa shape index (κ3) is 5.35. The van der Waals surface area contributed by atoms with E-state index in [9.17, 15) is 23.9 Å². The second-order valence-electron chi connectivity index (χ2n) is 8.34. The highest BCUT2D eigenvalue weighted by Crippen LogP contribution is 2.32. The van der Waals surface area contributed by atoms with Crippen LogP contribution in [0.5, 0.6) is 5.75 Å². The molecule has 0 radical (unpaired) electrons. The predicted molar refractivity (Wildman–Crippen MR) is 128 cm³/mol. The minimum absolute atomic E-state index is 0.0216. The Hall–Kier alpha value is -3.31. The third-order valence-electron chi connectivity index (χ3n) is 6.13. The highest BCUT2D eigenvalue weighted by Gasteiger charge is 2.33. The molecule has 2 atom stereocenters. The van der Waals surface area contributed by atoms with E-state index in [-0.39, 0.29) is 30.9 Å². The van der Waals surface area contributed by atoms with Crippen LogP contribution < -0.4 is 21.5 Å². The van der Waals surface area contributed by atoms with Crippen molar-refractivity contribution in [3.63, 3.8) is 0 Å². The van der Waals surface area contributed by atoms with Crippen LogP contribution in [-0.4, -0.2) is 46.2 Å². The van der Waals surface area contributed by atoms with Gasteiger partial charge in [0.25, 0.3) is 11.5 Å². The summed E-state index contributed by atoms with van der Waals surface area (Å²) in [5.41, 5.74) is 4.37. The molecule has 1 aromatic heterocycles. The van der Waals surface area contributed by atoms with E-state index < -0.39 is 34.8 Å². The fourth-order valence-electron chi connectivity index (χ4n) is 4.49. The summed E-state index contributed by atoms with van der Waals surface area (Å²) in [5.74, 6) is -1.78. The first-order chi connectivity index (χ1) is 16.8. The van der Waals surface area contributed by atoms with Crippen molar-refractivity contribution in [3.05, 3.63) is 51.5 Å². The van der Waals surface area contributed by atoms with Crippen LogP contribution in [0.3, 0.4) is 0 Å². The average Bonchev–Trinajstić information content (AvgIpc) is 3.22. The van der Waals surface area contributed by atoms with Crippen LogP contribution in [0.2, 0.25) is 0 Å². The Morgan fingerprint density at radius 2 is 2.09 bits per heavy atom. The molecule has 0 spiro atoms. The summed E-state index contributed by atoms with van der Waals surface area (Å²) >= 11 is 0. The molecule has 1 fully saturated rings. The molecule has 1 aromatic carbocycles. The lowest BCUT2D eigenvalue weighted by Gasteiger charge is -2.27. The maximum absolute atomic E-state index is 14.1. The molecule has 0 bridgehead atoms. The Morgan fingerprint density at radius 3 is 2.80 bits per heavy atom. The number of nitrogens with two attached hydrogens (primary N) is 1. The maximum Gasteiger partial charge on any atom is 0.296 e. The van der Waals surface area contributed by atoms with Gasteiger partial charge < -0.3 is 25.8 Å². The van der Waals surface area contributed by atoms with Gasteiger partial charge in [-0.3, -0.25) is 19.0 Å². The molecule has 11 heteroatoms. The number of benzene rings is 1. The molecule has 4 N–H and O–H groups in total. The average molecular weight is 490 g/mol. The Kier molecular flexibility index (Phi) is 8.57. The summed E-state index contributed by atoms with van der Waals surface area (Å²) in [7, 11) is 1.50. The summed E-state index contributed by atoms with van der Waals surface area (Å²) in [6.45, 7) is 4.24. The number of nitrogens with zero attached hydrogens (tertiary/aromatic N) is 3. The van der Waals surface area contributed by atoms with Gasteiger partial charge in [-0.05, 0) is 44.5 Å². The van der Waals surface area contributed by atoms with Crippen molar-refractivity contribution in [2.24, 2.45) is 5.73 Å². The van der Waals surface area contributed by atoms with Gasteiger partial charge >= 0.3 is 0 Å². The summed E-state index contributed by atoms with van der Waals surface area (Å²) in [4.78, 5) is 43.7. The summed E-state index contributed by atoms with van der Waals surface area (Å²) < 4.78 is 20.9. The molecule has 1 saturated heterocycles. The standard InChI is InChI=1S/C23H27FN4O5.CH5N/c1-3-4-16-7-8-18(29)28(16)17-11-15(24)6-5-14(17)12-25-22(31)19-20(30)23(32)27-9-10-33-13(2)21(27)26-19;1-2/h5-6,11,13,16,30H,3-4,7-10,12H2,1-2H3,(H,25,31);2H2,1H3. The molecule has 4 rings (SSSR count). The fourth-order valence-corrected chi connectivity index (χ4v) is 4.49. The summed E-state index contributed by atoms with van der Waals surface area (Å²) in [6.07, 6.45) is 2.27.